The first-order valence-electron chi connectivity index (χ1n) is 6.22. The van der Waals surface area contributed by atoms with Gasteiger partial charge in [-0.25, -0.2) is 4.98 Å². The minimum absolute atomic E-state index is 0.863. The third-order valence-electron chi connectivity index (χ3n) is 2.81. The van der Waals surface area contributed by atoms with Crippen molar-refractivity contribution in [3.05, 3.63) is 72.7 Å². The summed E-state index contributed by atoms with van der Waals surface area (Å²) in [7, 11) is 0. The van der Waals surface area contributed by atoms with Gasteiger partial charge in [0.2, 0.25) is 0 Å². The van der Waals surface area contributed by atoms with E-state index in [-0.39, 0.29) is 0 Å². The second-order valence-electron chi connectivity index (χ2n) is 4.16. The number of hydrogen-bond donors (Lipinski definition) is 0. The number of aliphatic imine (C=N–C) groups is 1. The van der Waals surface area contributed by atoms with Gasteiger partial charge in [-0.15, -0.1) is 0 Å². The zero-order valence-electron chi connectivity index (χ0n) is 10.4. The van der Waals surface area contributed by atoms with Crippen molar-refractivity contribution in [2.24, 2.45) is 4.99 Å². The Labute approximate surface area is 112 Å². The fraction of sp³-hybridized carbons (Fsp3) is 0.0625. The molecule has 1 aliphatic heterocycles. The molecule has 3 heterocycles. The highest BCUT2D eigenvalue weighted by atomic mass is 14.8. The molecule has 0 atom stereocenters. The Morgan fingerprint density at radius 3 is 2.63 bits per heavy atom. The molecule has 0 fully saturated rings. The molecule has 2 aromatic rings. The topological polar surface area (TPSA) is 38.1 Å². The van der Waals surface area contributed by atoms with Crippen molar-refractivity contribution in [2.45, 2.75) is 6.42 Å². The standard InChI is InChI=1S/C16H13N3/c1-2-7-13(17-11-4-1)15-9-6-10-16(19-15)14-8-3-5-12-18-14/h2-12H,1H2. The maximum Gasteiger partial charge on any atom is 0.0894 e. The average Bonchev–Trinajstić information content (AvgIpc) is 2.77. The fourth-order valence-corrected chi connectivity index (χ4v) is 1.88. The van der Waals surface area contributed by atoms with Crippen molar-refractivity contribution < 1.29 is 0 Å². The van der Waals surface area contributed by atoms with Crippen LogP contribution in [0.2, 0.25) is 0 Å². The predicted octanol–water partition coefficient (Wildman–Crippen LogP) is 3.41. The van der Waals surface area contributed by atoms with Crippen molar-refractivity contribution in [1.29, 1.82) is 0 Å². The Bertz CT molecular complexity index is 655. The zero-order chi connectivity index (χ0) is 12.9. The normalized spacial score (nSPS) is 14.0. The van der Waals surface area contributed by atoms with Gasteiger partial charge in [0, 0.05) is 12.4 Å². The van der Waals surface area contributed by atoms with E-state index in [4.69, 9.17) is 0 Å². The molecule has 1 aliphatic rings. The van der Waals surface area contributed by atoms with Crippen LogP contribution in [-0.2, 0) is 0 Å². The number of aromatic nitrogens is 2. The molecule has 2 aromatic heterocycles. The van der Waals surface area contributed by atoms with Crippen molar-refractivity contribution in [3.63, 3.8) is 0 Å². The number of hydrogen-bond acceptors (Lipinski definition) is 3. The van der Waals surface area contributed by atoms with E-state index in [9.17, 15) is 0 Å². The van der Waals surface area contributed by atoms with Gasteiger partial charge in [-0.1, -0.05) is 24.3 Å². The van der Waals surface area contributed by atoms with Gasteiger partial charge in [-0.05, 0) is 36.8 Å². The molecule has 0 spiro atoms. The summed E-state index contributed by atoms with van der Waals surface area (Å²) in [6, 6.07) is 11.7. The molecule has 0 aromatic carbocycles. The number of nitrogens with zero attached hydrogens (tertiary/aromatic N) is 3. The van der Waals surface area contributed by atoms with Gasteiger partial charge >= 0.3 is 0 Å². The van der Waals surface area contributed by atoms with Crippen LogP contribution in [0.15, 0.2) is 72.0 Å². The first kappa shape index (κ1) is 11.5. The molecular formula is C16H13N3. The maximum absolute atomic E-state index is 4.63. The van der Waals surface area contributed by atoms with Crippen LogP contribution in [0.1, 0.15) is 12.1 Å². The quantitative estimate of drug-likeness (QED) is 0.815. The molecule has 92 valence electrons. The number of pyridine rings is 2. The lowest BCUT2D eigenvalue weighted by atomic mass is 10.2. The summed E-state index contributed by atoms with van der Waals surface area (Å²) in [6.45, 7) is 0. The van der Waals surface area contributed by atoms with Crippen molar-refractivity contribution in [1.82, 2.24) is 9.97 Å². The van der Waals surface area contributed by atoms with E-state index < -0.39 is 0 Å². The van der Waals surface area contributed by atoms with Gasteiger partial charge in [0.25, 0.3) is 0 Å². The third-order valence-corrected chi connectivity index (χ3v) is 2.81. The Kier molecular flexibility index (Phi) is 3.28. The van der Waals surface area contributed by atoms with Gasteiger partial charge in [0.15, 0.2) is 0 Å². The number of allylic oxidation sites excluding steroid dienone is 3. The second-order valence-corrected chi connectivity index (χ2v) is 4.16. The minimum Gasteiger partial charge on any atom is -0.255 e. The summed E-state index contributed by atoms with van der Waals surface area (Å²) in [6.07, 6.45) is 10.6. The van der Waals surface area contributed by atoms with Crippen LogP contribution in [0.3, 0.4) is 0 Å². The summed E-state index contributed by atoms with van der Waals surface area (Å²) in [4.78, 5) is 13.3. The van der Waals surface area contributed by atoms with Crippen molar-refractivity contribution in [2.75, 3.05) is 0 Å². The van der Waals surface area contributed by atoms with E-state index in [1.165, 1.54) is 0 Å². The minimum atomic E-state index is 0.863. The summed E-state index contributed by atoms with van der Waals surface area (Å²) < 4.78 is 0. The van der Waals surface area contributed by atoms with E-state index in [1.807, 2.05) is 54.8 Å². The predicted molar refractivity (Wildman–Crippen MR) is 76.9 cm³/mol. The highest BCUT2D eigenvalue weighted by Crippen LogP contribution is 2.15. The Balaban J connectivity index is 2.01. The van der Waals surface area contributed by atoms with Gasteiger partial charge in [-0.2, -0.15) is 0 Å². The van der Waals surface area contributed by atoms with Crippen LogP contribution in [0.5, 0.6) is 0 Å². The number of rotatable bonds is 2. The monoisotopic (exact) mass is 247 g/mol. The first-order chi connectivity index (χ1) is 9.43. The van der Waals surface area contributed by atoms with Gasteiger partial charge in [-0.3, -0.25) is 9.98 Å². The zero-order valence-corrected chi connectivity index (χ0v) is 10.4. The Morgan fingerprint density at radius 1 is 0.842 bits per heavy atom. The molecule has 3 nitrogen and oxygen atoms in total. The molecule has 0 radical (unpaired) electrons. The molecule has 0 unspecified atom stereocenters. The van der Waals surface area contributed by atoms with Gasteiger partial charge in [0.05, 0.1) is 22.8 Å². The Morgan fingerprint density at radius 2 is 1.74 bits per heavy atom. The van der Waals surface area contributed by atoms with Crippen molar-refractivity contribution in [3.8, 4) is 11.4 Å². The fourth-order valence-electron chi connectivity index (χ4n) is 1.88. The lowest BCUT2D eigenvalue weighted by Crippen LogP contribution is -2.01. The van der Waals surface area contributed by atoms with E-state index in [0.29, 0.717) is 0 Å². The lowest BCUT2D eigenvalue weighted by molar-refractivity contribution is 1.23. The molecule has 0 bridgehead atoms. The lowest BCUT2D eigenvalue weighted by Gasteiger charge is -2.03. The SMILES string of the molecule is C1=CN=C(c2cccc(-c3ccccn3)n2)C=CC1. The van der Waals surface area contributed by atoms with Crippen LogP contribution in [0.25, 0.3) is 11.4 Å². The third kappa shape index (κ3) is 2.65. The van der Waals surface area contributed by atoms with Crippen LogP contribution in [0.4, 0.5) is 0 Å². The summed E-state index contributed by atoms with van der Waals surface area (Å²) in [5.41, 5.74) is 3.48. The molecule has 0 aliphatic carbocycles. The Hall–Kier alpha value is -2.55. The van der Waals surface area contributed by atoms with E-state index in [0.717, 1.165) is 29.2 Å². The van der Waals surface area contributed by atoms with E-state index in [2.05, 4.69) is 21.0 Å². The van der Waals surface area contributed by atoms with Crippen LogP contribution in [-0.4, -0.2) is 15.7 Å². The molecule has 0 saturated heterocycles. The summed E-state index contributed by atoms with van der Waals surface area (Å²) in [5.74, 6) is 0. The summed E-state index contributed by atoms with van der Waals surface area (Å²) in [5, 5.41) is 0. The molecule has 3 rings (SSSR count). The average molecular weight is 247 g/mol. The molecule has 19 heavy (non-hydrogen) atoms. The van der Waals surface area contributed by atoms with E-state index >= 15 is 0 Å². The van der Waals surface area contributed by atoms with Crippen molar-refractivity contribution >= 4 is 5.71 Å². The highest BCUT2D eigenvalue weighted by Gasteiger charge is 2.05. The van der Waals surface area contributed by atoms with Crippen LogP contribution < -0.4 is 0 Å². The largest absolute Gasteiger partial charge is 0.255 e. The smallest absolute Gasteiger partial charge is 0.0894 e. The first-order valence-corrected chi connectivity index (χ1v) is 6.22. The maximum atomic E-state index is 4.63. The molecule has 3 heteroatoms. The van der Waals surface area contributed by atoms with Crippen LogP contribution >= 0.6 is 0 Å². The van der Waals surface area contributed by atoms with Crippen LogP contribution in [0, 0.1) is 0 Å². The second kappa shape index (κ2) is 5.40. The summed E-state index contributed by atoms with van der Waals surface area (Å²) >= 11 is 0. The van der Waals surface area contributed by atoms with Gasteiger partial charge in [0.1, 0.15) is 0 Å². The molecule has 0 amide bonds. The van der Waals surface area contributed by atoms with Gasteiger partial charge < -0.3 is 0 Å². The molecule has 0 N–H and O–H groups in total. The van der Waals surface area contributed by atoms with E-state index in [1.54, 1.807) is 6.20 Å². The molecular weight excluding hydrogens is 234 g/mol. The highest BCUT2D eigenvalue weighted by molar-refractivity contribution is 6.08. The molecule has 0 saturated carbocycles.